The molecule has 0 spiro atoms. The lowest BCUT2D eigenvalue weighted by molar-refractivity contribution is -0.122. The van der Waals surface area contributed by atoms with Gasteiger partial charge in [-0.1, -0.05) is 35.9 Å². The van der Waals surface area contributed by atoms with Crippen molar-refractivity contribution >= 4 is 58.8 Å². The minimum absolute atomic E-state index is 0. The summed E-state index contributed by atoms with van der Waals surface area (Å²) in [5.74, 6) is 0.474. The van der Waals surface area contributed by atoms with Gasteiger partial charge in [-0.05, 0) is 18.2 Å². The van der Waals surface area contributed by atoms with E-state index >= 15 is 0 Å². The molecule has 0 saturated carbocycles. The standard InChI is InChI=1S/C20H18ClN3O2.2ClH/c21-14-5-6-18-16(9-14)20(12-22,7-8-26-18)19(25)24-17-11-23-10-13-3-1-2-4-15(13)17;;/h1-6,9-11H,7-8,12,22H2,(H,24,25);2*1H/t20-;;/m0../s1. The molecule has 2 heterocycles. The first kappa shape index (κ1) is 22.2. The fourth-order valence-corrected chi connectivity index (χ4v) is 3.64. The van der Waals surface area contributed by atoms with Crippen LogP contribution in [-0.2, 0) is 10.2 Å². The number of carbonyl (C=O) groups excluding carboxylic acids is 1. The number of rotatable bonds is 3. The van der Waals surface area contributed by atoms with Crippen molar-refractivity contribution < 1.29 is 9.53 Å². The lowest BCUT2D eigenvalue weighted by Gasteiger charge is -2.36. The number of pyridine rings is 1. The largest absolute Gasteiger partial charge is 0.493 e. The predicted octanol–water partition coefficient (Wildman–Crippen LogP) is 4.35. The van der Waals surface area contributed by atoms with Crippen LogP contribution in [0.1, 0.15) is 12.0 Å². The summed E-state index contributed by atoms with van der Waals surface area (Å²) in [5, 5.41) is 5.47. The van der Waals surface area contributed by atoms with Crippen molar-refractivity contribution in [1.29, 1.82) is 0 Å². The van der Waals surface area contributed by atoms with Gasteiger partial charge in [-0.15, -0.1) is 24.8 Å². The number of anilines is 1. The fraction of sp³-hybridized carbons (Fsp3) is 0.200. The van der Waals surface area contributed by atoms with Gasteiger partial charge < -0.3 is 15.8 Å². The highest BCUT2D eigenvalue weighted by Gasteiger charge is 2.43. The van der Waals surface area contributed by atoms with Crippen molar-refractivity contribution in [3.05, 3.63) is 65.4 Å². The third kappa shape index (κ3) is 3.76. The van der Waals surface area contributed by atoms with Gasteiger partial charge in [-0.2, -0.15) is 0 Å². The van der Waals surface area contributed by atoms with Crippen molar-refractivity contribution in [3.63, 3.8) is 0 Å². The maximum atomic E-state index is 13.3. The van der Waals surface area contributed by atoms with E-state index in [-0.39, 0.29) is 37.3 Å². The Morgan fingerprint density at radius 3 is 2.79 bits per heavy atom. The number of fused-ring (bicyclic) bond motifs is 2. The summed E-state index contributed by atoms with van der Waals surface area (Å²) in [6.45, 7) is 0.584. The van der Waals surface area contributed by atoms with Crippen molar-refractivity contribution in [2.45, 2.75) is 11.8 Å². The molecule has 1 amide bonds. The predicted molar refractivity (Wildman–Crippen MR) is 117 cm³/mol. The number of amides is 1. The minimum atomic E-state index is -0.893. The average Bonchev–Trinajstić information content (AvgIpc) is 2.67. The Bertz CT molecular complexity index is 994. The summed E-state index contributed by atoms with van der Waals surface area (Å²) >= 11 is 6.17. The molecule has 5 nitrogen and oxygen atoms in total. The molecule has 0 aliphatic carbocycles. The number of ether oxygens (including phenoxy) is 1. The maximum Gasteiger partial charge on any atom is 0.236 e. The van der Waals surface area contributed by atoms with Crippen LogP contribution in [0.5, 0.6) is 5.75 Å². The summed E-state index contributed by atoms with van der Waals surface area (Å²) < 4.78 is 5.70. The molecule has 3 N–H and O–H groups in total. The average molecular weight is 441 g/mol. The molecule has 1 aliphatic rings. The summed E-state index contributed by atoms with van der Waals surface area (Å²) in [6, 6.07) is 13.1. The van der Waals surface area contributed by atoms with E-state index in [9.17, 15) is 4.79 Å². The first-order chi connectivity index (χ1) is 12.6. The molecule has 4 rings (SSSR count). The SMILES string of the molecule is Cl.Cl.NC[C@@]1(C(=O)Nc2cncc3ccccc23)CCOc2ccc(Cl)cc21. The molecule has 0 bridgehead atoms. The second-order valence-electron chi connectivity index (χ2n) is 6.39. The van der Waals surface area contributed by atoms with Gasteiger partial charge in [0.15, 0.2) is 0 Å². The normalized spacial score (nSPS) is 17.5. The first-order valence-electron chi connectivity index (χ1n) is 8.41. The number of nitrogens with zero attached hydrogens (tertiary/aromatic N) is 1. The molecule has 1 aliphatic heterocycles. The highest BCUT2D eigenvalue weighted by molar-refractivity contribution is 6.30. The van der Waals surface area contributed by atoms with E-state index in [0.717, 1.165) is 16.3 Å². The zero-order valence-corrected chi connectivity index (χ0v) is 17.2. The highest BCUT2D eigenvalue weighted by Crippen LogP contribution is 2.41. The van der Waals surface area contributed by atoms with Crippen molar-refractivity contribution in [3.8, 4) is 5.75 Å². The maximum absolute atomic E-state index is 13.3. The summed E-state index contributed by atoms with van der Waals surface area (Å²) in [7, 11) is 0. The molecule has 0 saturated heterocycles. The van der Waals surface area contributed by atoms with Gasteiger partial charge in [0.1, 0.15) is 5.75 Å². The number of aromatic nitrogens is 1. The third-order valence-electron chi connectivity index (χ3n) is 4.94. The smallest absolute Gasteiger partial charge is 0.236 e. The Kier molecular flexibility index (Phi) is 7.12. The molecule has 0 radical (unpaired) electrons. The Balaban J connectivity index is 0.00000140. The molecule has 0 unspecified atom stereocenters. The van der Waals surface area contributed by atoms with Gasteiger partial charge in [-0.25, -0.2) is 0 Å². The molecule has 28 heavy (non-hydrogen) atoms. The Hall–Kier alpha value is -2.05. The number of halogens is 3. The first-order valence-corrected chi connectivity index (χ1v) is 8.79. The van der Waals surface area contributed by atoms with Gasteiger partial charge in [0, 0.05) is 40.5 Å². The number of carbonyl (C=O) groups is 1. The third-order valence-corrected chi connectivity index (χ3v) is 5.18. The highest BCUT2D eigenvalue weighted by atomic mass is 35.5. The topological polar surface area (TPSA) is 77.2 Å². The van der Waals surface area contributed by atoms with E-state index in [1.807, 2.05) is 24.3 Å². The molecule has 3 aromatic rings. The van der Waals surface area contributed by atoms with E-state index in [4.69, 9.17) is 22.1 Å². The number of benzene rings is 2. The van der Waals surface area contributed by atoms with Crippen molar-refractivity contribution in [1.82, 2.24) is 4.98 Å². The minimum Gasteiger partial charge on any atom is -0.493 e. The van der Waals surface area contributed by atoms with E-state index in [2.05, 4.69) is 10.3 Å². The molecular weight excluding hydrogens is 421 g/mol. The van der Waals surface area contributed by atoms with Gasteiger partial charge in [0.25, 0.3) is 0 Å². The second kappa shape index (κ2) is 8.97. The van der Waals surface area contributed by atoms with Gasteiger partial charge in [0.2, 0.25) is 5.91 Å². The van der Waals surface area contributed by atoms with Crippen LogP contribution in [0.15, 0.2) is 54.9 Å². The van der Waals surface area contributed by atoms with Crippen LogP contribution in [0.3, 0.4) is 0 Å². The van der Waals surface area contributed by atoms with Gasteiger partial charge in [-0.3, -0.25) is 9.78 Å². The Morgan fingerprint density at radius 2 is 2.00 bits per heavy atom. The molecular formula is C20H20Cl3N3O2. The van der Waals surface area contributed by atoms with E-state index in [0.29, 0.717) is 29.5 Å². The Morgan fingerprint density at radius 1 is 1.21 bits per heavy atom. The van der Waals surface area contributed by atoms with E-state index in [1.54, 1.807) is 30.6 Å². The van der Waals surface area contributed by atoms with Crippen LogP contribution in [0.4, 0.5) is 5.69 Å². The summed E-state index contributed by atoms with van der Waals surface area (Å²) in [4.78, 5) is 17.5. The van der Waals surface area contributed by atoms with Crippen LogP contribution >= 0.6 is 36.4 Å². The van der Waals surface area contributed by atoms with E-state index in [1.165, 1.54) is 0 Å². The lowest BCUT2D eigenvalue weighted by Crippen LogP contribution is -2.49. The van der Waals surface area contributed by atoms with Gasteiger partial charge >= 0.3 is 0 Å². The van der Waals surface area contributed by atoms with E-state index < -0.39 is 5.41 Å². The van der Waals surface area contributed by atoms with Gasteiger partial charge in [0.05, 0.1) is 23.9 Å². The van der Waals surface area contributed by atoms with Crippen molar-refractivity contribution in [2.75, 3.05) is 18.5 Å². The number of hydrogen-bond acceptors (Lipinski definition) is 4. The molecule has 0 fully saturated rings. The quantitative estimate of drug-likeness (QED) is 0.635. The molecule has 8 heteroatoms. The van der Waals surface area contributed by atoms with Crippen molar-refractivity contribution in [2.24, 2.45) is 5.73 Å². The molecule has 1 atom stereocenters. The van der Waals surface area contributed by atoms with Crippen LogP contribution in [0.25, 0.3) is 10.8 Å². The summed E-state index contributed by atoms with van der Waals surface area (Å²) in [5.41, 5.74) is 6.59. The van der Waals surface area contributed by atoms with Crippen LogP contribution in [0, 0.1) is 0 Å². The fourth-order valence-electron chi connectivity index (χ4n) is 3.47. The van der Waals surface area contributed by atoms with Crippen LogP contribution < -0.4 is 15.8 Å². The molecule has 148 valence electrons. The molecule has 2 aromatic carbocycles. The second-order valence-corrected chi connectivity index (χ2v) is 6.82. The monoisotopic (exact) mass is 439 g/mol. The number of hydrogen-bond donors (Lipinski definition) is 2. The number of nitrogens with one attached hydrogen (secondary N) is 1. The lowest BCUT2D eigenvalue weighted by atomic mass is 9.75. The summed E-state index contributed by atoms with van der Waals surface area (Å²) in [6.07, 6.45) is 3.91. The zero-order valence-electron chi connectivity index (χ0n) is 14.9. The Labute approximate surface area is 180 Å². The van der Waals surface area contributed by atoms with Crippen LogP contribution in [0.2, 0.25) is 5.02 Å². The zero-order chi connectivity index (χ0) is 18.1. The van der Waals surface area contributed by atoms with Crippen LogP contribution in [-0.4, -0.2) is 24.0 Å². The molecule has 1 aromatic heterocycles. The number of nitrogens with two attached hydrogens (primary N) is 1.